The molecule has 0 radical (unpaired) electrons. The summed E-state index contributed by atoms with van der Waals surface area (Å²) >= 11 is 9.71. The third-order valence-corrected chi connectivity index (χ3v) is 3.79. The number of aromatic nitrogens is 3. The van der Waals surface area contributed by atoms with Crippen LogP contribution in [-0.4, -0.2) is 14.8 Å². The standard InChI is InChI=1S/C14H17BrClN3/c1-9(10-6-5-7-11(15)8-10)19-12(14(2,3)4)17-18-13(19)16/h5-9H,1-4H3. The van der Waals surface area contributed by atoms with E-state index in [-0.39, 0.29) is 11.5 Å². The summed E-state index contributed by atoms with van der Waals surface area (Å²) in [4.78, 5) is 0. The molecule has 0 bridgehead atoms. The first-order valence-electron chi connectivity index (χ1n) is 6.17. The van der Waals surface area contributed by atoms with Crippen molar-refractivity contribution in [2.24, 2.45) is 0 Å². The van der Waals surface area contributed by atoms with Crippen molar-refractivity contribution in [3.63, 3.8) is 0 Å². The number of hydrogen-bond acceptors (Lipinski definition) is 2. The first-order chi connectivity index (χ1) is 8.80. The molecule has 0 N–H and O–H groups in total. The van der Waals surface area contributed by atoms with Crippen LogP contribution in [0.25, 0.3) is 0 Å². The van der Waals surface area contributed by atoms with E-state index < -0.39 is 0 Å². The highest BCUT2D eigenvalue weighted by Crippen LogP contribution is 2.30. The van der Waals surface area contributed by atoms with Crippen molar-refractivity contribution in [3.8, 4) is 0 Å². The molecule has 1 heterocycles. The third-order valence-electron chi connectivity index (χ3n) is 3.04. The van der Waals surface area contributed by atoms with E-state index in [2.05, 4.69) is 66.0 Å². The van der Waals surface area contributed by atoms with Crippen molar-refractivity contribution >= 4 is 27.5 Å². The Labute approximate surface area is 127 Å². The van der Waals surface area contributed by atoms with Gasteiger partial charge in [-0.1, -0.05) is 48.8 Å². The lowest BCUT2D eigenvalue weighted by atomic mass is 9.95. The summed E-state index contributed by atoms with van der Waals surface area (Å²) in [5, 5.41) is 8.67. The van der Waals surface area contributed by atoms with Gasteiger partial charge in [0.1, 0.15) is 5.82 Å². The van der Waals surface area contributed by atoms with Crippen LogP contribution in [0, 0.1) is 0 Å². The second-order valence-corrected chi connectivity index (χ2v) is 6.90. The summed E-state index contributed by atoms with van der Waals surface area (Å²) < 4.78 is 3.04. The quantitative estimate of drug-likeness (QED) is 0.798. The maximum Gasteiger partial charge on any atom is 0.225 e. The molecule has 1 aromatic heterocycles. The number of rotatable bonds is 2. The predicted molar refractivity (Wildman–Crippen MR) is 81.7 cm³/mol. The summed E-state index contributed by atoms with van der Waals surface area (Å²) in [7, 11) is 0. The summed E-state index contributed by atoms with van der Waals surface area (Å²) in [5.74, 6) is 0.893. The van der Waals surface area contributed by atoms with Crippen molar-refractivity contribution in [1.29, 1.82) is 0 Å². The van der Waals surface area contributed by atoms with Crippen molar-refractivity contribution in [2.75, 3.05) is 0 Å². The molecule has 1 unspecified atom stereocenters. The molecule has 2 aromatic rings. The van der Waals surface area contributed by atoms with Crippen molar-refractivity contribution in [3.05, 3.63) is 45.4 Å². The van der Waals surface area contributed by atoms with Crippen LogP contribution in [0.1, 0.15) is 45.1 Å². The molecule has 5 heteroatoms. The van der Waals surface area contributed by atoms with Crippen LogP contribution in [0.5, 0.6) is 0 Å². The summed E-state index contributed by atoms with van der Waals surface area (Å²) in [6, 6.07) is 8.29. The molecule has 2 rings (SSSR count). The van der Waals surface area contributed by atoms with Crippen LogP contribution >= 0.6 is 27.5 Å². The Balaban J connectivity index is 2.50. The van der Waals surface area contributed by atoms with Crippen LogP contribution in [0.2, 0.25) is 5.28 Å². The van der Waals surface area contributed by atoms with Crippen molar-refractivity contribution < 1.29 is 0 Å². The van der Waals surface area contributed by atoms with Crippen LogP contribution in [0.3, 0.4) is 0 Å². The van der Waals surface area contributed by atoms with Gasteiger partial charge in [-0.3, -0.25) is 4.57 Å². The lowest BCUT2D eigenvalue weighted by Crippen LogP contribution is -2.21. The fraction of sp³-hybridized carbons (Fsp3) is 0.429. The third kappa shape index (κ3) is 3.00. The van der Waals surface area contributed by atoms with Crippen molar-refractivity contribution in [1.82, 2.24) is 14.8 Å². The average molecular weight is 343 g/mol. The van der Waals surface area contributed by atoms with E-state index in [4.69, 9.17) is 11.6 Å². The highest BCUT2D eigenvalue weighted by Gasteiger charge is 2.26. The molecule has 0 aliphatic carbocycles. The Bertz CT molecular complexity index is 587. The first-order valence-corrected chi connectivity index (χ1v) is 7.34. The molecule has 3 nitrogen and oxygen atoms in total. The van der Waals surface area contributed by atoms with Gasteiger partial charge in [0.15, 0.2) is 0 Å². The van der Waals surface area contributed by atoms with Gasteiger partial charge in [0.2, 0.25) is 5.28 Å². The lowest BCUT2D eigenvalue weighted by Gasteiger charge is -2.23. The van der Waals surface area contributed by atoms with E-state index in [0.717, 1.165) is 10.3 Å². The zero-order chi connectivity index (χ0) is 14.2. The van der Waals surface area contributed by atoms with E-state index in [9.17, 15) is 0 Å². The van der Waals surface area contributed by atoms with E-state index in [1.807, 2.05) is 16.7 Å². The molecule has 0 amide bonds. The Morgan fingerprint density at radius 2 is 1.95 bits per heavy atom. The molecule has 0 saturated heterocycles. The molecule has 0 saturated carbocycles. The van der Waals surface area contributed by atoms with Gasteiger partial charge in [-0.2, -0.15) is 0 Å². The molecule has 0 fully saturated rings. The summed E-state index contributed by atoms with van der Waals surface area (Å²) in [5.41, 5.74) is 1.07. The zero-order valence-corrected chi connectivity index (χ0v) is 13.8. The van der Waals surface area contributed by atoms with Gasteiger partial charge in [-0.05, 0) is 36.2 Å². The van der Waals surface area contributed by atoms with Gasteiger partial charge in [-0.25, -0.2) is 0 Å². The topological polar surface area (TPSA) is 30.7 Å². The summed E-state index contributed by atoms with van der Waals surface area (Å²) in [6.45, 7) is 8.43. The fourth-order valence-corrected chi connectivity index (χ4v) is 2.72. The molecule has 102 valence electrons. The molecule has 0 spiro atoms. The van der Waals surface area contributed by atoms with Crippen LogP contribution in [0.15, 0.2) is 28.7 Å². The van der Waals surface area contributed by atoms with Crippen LogP contribution in [0.4, 0.5) is 0 Å². The van der Waals surface area contributed by atoms with Gasteiger partial charge in [0.25, 0.3) is 0 Å². The van der Waals surface area contributed by atoms with Crippen LogP contribution < -0.4 is 0 Å². The lowest BCUT2D eigenvalue weighted by molar-refractivity contribution is 0.481. The molecule has 0 aliphatic rings. The van der Waals surface area contributed by atoms with Gasteiger partial charge in [-0.15, -0.1) is 10.2 Å². The Hall–Kier alpha value is -0.870. The smallest absolute Gasteiger partial charge is 0.225 e. The molecular weight excluding hydrogens is 326 g/mol. The maximum absolute atomic E-state index is 6.21. The monoisotopic (exact) mass is 341 g/mol. The summed E-state index contributed by atoms with van der Waals surface area (Å²) in [6.07, 6.45) is 0. The Morgan fingerprint density at radius 1 is 1.26 bits per heavy atom. The Morgan fingerprint density at radius 3 is 2.53 bits per heavy atom. The van der Waals surface area contributed by atoms with Gasteiger partial charge >= 0.3 is 0 Å². The first kappa shape index (κ1) is 14.5. The fourth-order valence-electron chi connectivity index (χ4n) is 2.04. The van der Waals surface area contributed by atoms with Gasteiger partial charge in [0, 0.05) is 9.89 Å². The minimum Gasteiger partial charge on any atom is -0.294 e. The van der Waals surface area contributed by atoms with E-state index in [0.29, 0.717) is 5.28 Å². The predicted octanol–water partition coefficient (Wildman–Crippen LogP) is 4.60. The SMILES string of the molecule is CC(c1cccc(Br)c1)n1c(Cl)nnc1C(C)(C)C. The minimum absolute atomic E-state index is 0.0919. The number of hydrogen-bond donors (Lipinski definition) is 0. The van der Waals surface area contributed by atoms with E-state index in [1.165, 1.54) is 5.56 Å². The highest BCUT2D eigenvalue weighted by atomic mass is 79.9. The number of benzene rings is 1. The largest absolute Gasteiger partial charge is 0.294 e. The Kier molecular flexibility index (Phi) is 4.02. The molecule has 1 atom stereocenters. The van der Waals surface area contributed by atoms with E-state index >= 15 is 0 Å². The van der Waals surface area contributed by atoms with Crippen LogP contribution in [-0.2, 0) is 5.41 Å². The van der Waals surface area contributed by atoms with Crippen molar-refractivity contribution in [2.45, 2.75) is 39.2 Å². The molecule has 0 aliphatic heterocycles. The zero-order valence-electron chi connectivity index (χ0n) is 11.5. The highest BCUT2D eigenvalue weighted by molar-refractivity contribution is 9.10. The van der Waals surface area contributed by atoms with Gasteiger partial charge in [0.05, 0.1) is 6.04 Å². The maximum atomic E-state index is 6.21. The molecule has 1 aromatic carbocycles. The second kappa shape index (κ2) is 5.25. The second-order valence-electron chi connectivity index (χ2n) is 5.64. The molecular formula is C14H17BrClN3. The minimum atomic E-state index is -0.0968. The number of nitrogens with zero attached hydrogens (tertiary/aromatic N) is 3. The molecule has 19 heavy (non-hydrogen) atoms. The van der Waals surface area contributed by atoms with E-state index in [1.54, 1.807) is 0 Å². The normalized spacial score (nSPS) is 13.6. The number of halogens is 2. The average Bonchev–Trinajstić information content (AvgIpc) is 2.70. The van der Waals surface area contributed by atoms with Gasteiger partial charge < -0.3 is 0 Å².